The molecule has 1 aromatic heterocycles. The van der Waals surface area contributed by atoms with Gasteiger partial charge in [-0.05, 0) is 40.6 Å². The van der Waals surface area contributed by atoms with Crippen molar-refractivity contribution in [3.8, 4) is 0 Å². The van der Waals surface area contributed by atoms with E-state index in [1.807, 2.05) is 36.4 Å². The lowest BCUT2D eigenvalue weighted by molar-refractivity contribution is 0.0994. The van der Waals surface area contributed by atoms with Crippen molar-refractivity contribution in [3.05, 3.63) is 65.7 Å². The molecule has 3 aromatic carbocycles. The summed E-state index contributed by atoms with van der Waals surface area (Å²) in [7, 11) is 0. The predicted molar refractivity (Wildman–Crippen MR) is 89.2 cm³/mol. The first-order chi connectivity index (χ1) is 10.8. The molecule has 0 aliphatic heterocycles. The van der Waals surface area contributed by atoms with Crippen LogP contribution in [0.5, 0.6) is 0 Å². The smallest absolute Gasteiger partial charge is 0.167 e. The summed E-state index contributed by atoms with van der Waals surface area (Å²) in [4.78, 5) is 12.1. The molecular weight excluding hydrogens is 272 g/mol. The molecule has 0 radical (unpaired) electrons. The first-order valence-corrected chi connectivity index (χ1v) is 7.38. The second-order valence-electron chi connectivity index (χ2n) is 5.76. The van der Waals surface area contributed by atoms with Crippen LogP contribution in [0, 0.1) is 0 Å². The van der Waals surface area contributed by atoms with Gasteiger partial charge in [-0.1, -0.05) is 36.4 Å². The van der Waals surface area contributed by atoms with Crippen molar-refractivity contribution in [1.29, 1.82) is 0 Å². The molecular formula is C20H12O2. The fourth-order valence-electron chi connectivity index (χ4n) is 3.31. The molecule has 1 aliphatic rings. The molecule has 104 valence electrons. The van der Waals surface area contributed by atoms with Crippen LogP contribution in [0.4, 0.5) is 0 Å². The highest BCUT2D eigenvalue weighted by Crippen LogP contribution is 2.35. The van der Waals surface area contributed by atoms with Gasteiger partial charge in [-0.15, -0.1) is 0 Å². The van der Waals surface area contributed by atoms with Gasteiger partial charge in [0.15, 0.2) is 5.78 Å². The van der Waals surface area contributed by atoms with Gasteiger partial charge in [0, 0.05) is 22.8 Å². The van der Waals surface area contributed by atoms with Crippen LogP contribution in [0.15, 0.2) is 59.0 Å². The molecule has 2 heteroatoms. The fraction of sp³-hybridized carbons (Fsp3) is 0.0500. The number of hydrogen-bond donors (Lipinski definition) is 0. The van der Waals surface area contributed by atoms with E-state index in [4.69, 9.17) is 4.42 Å². The lowest BCUT2D eigenvalue weighted by atomic mass is 9.94. The third kappa shape index (κ3) is 1.52. The summed E-state index contributed by atoms with van der Waals surface area (Å²) in [6, 6.07) is 16.4. The third-order valence-corrected chi connectivity index (χ3v) is 4.41. The molecule has 1 aliphatic carbocycles. The van der Waals surface area contributed by atoms with Crippen molar-refractivity contribution in [1.82, 2.24) is 0 Å². The van der Waals surface area contributed by atoms with Gasteiger partial charge in [0.05, 0.1) is 0 Å². The zero-order valence-corrected chi connectivity index (χ0v) is 11.8. The number of fused-ring (bicyclic) bond motifs is 5. The Morgan fingerprint density at radius 3 is 2.45 bits per heavy atom. The monoisotopic (exact) mass is 284 g/mol. The second-order valence-corrected chi connectivity index (χ2v) is 5.76. The molecule has 22 heavy (non-hydrogen) atoms. The molecule has 4 aromatic rings. The largest absolute Gasteiger partial charge is 0.456 e. The fourth-order valence-corrected chi connectivity index (χ4v) is 3.31. The number of allylic oxidation sites excluding steroid dienone is 1. The van der Waals surface area contributed by atoms with E-state index >= 15 is 0 Å². The maximum absolute atomic E-state index is 12.1. The van der Waals surface area contributed by atoms with Gasteiger partial charge in [-0.2, -0.15) is 0 Å². The van der Waals surface area contributed by atoms with E-state index in [1.165, 1.54) is 5.39 Å². The Morgan fingerprint density at radius 1 is 0.864 bits per heavy atom. The second kappa shape index (κ2) is 4.08. The summed E-state index contributed by atoms with van der Waals surface area (Å²) >= 11 is 0. The molecule has 0 saturated heterocycles. The molecule has 1 heterocycles. The summed E-state index contributed by atoms with van der Waals surface area (Å²) in [6.45, 7) is 0. The van der Waals surface area contributed by atoms with Gasteiger partial charge in [-0.25, -0.2) is 0 Å². The number of carbonyl (C=O) groups is 1. The maximum atomic E-state index is 12.1. The standard InChI is InChI=1S/C20H12O2/c21-18-7-3-6-14-10-20-17(11-15(14)18)16-8-12-4-1-2-5-13(12)9-19(16)22-20/h1-6,8-11H,7H2. The number of Topliss-reactive ketones (excluding diaryl/α,β-unsaturated/α-hetero) is 1. The molecule has 0 saturated carbocycles. The highest BCUT2D eigenvalue weighted by atomic mass is 16.3. The predicted octanol–water partition coefficient (Wildman–Crippen LogP) is 5.34. The van der Waals surface area contributed by atoms with Crippen molar-refractivity contribution in [2.24, 2.45) is 0 Å². The average Bonchev–Trinajstić information content (AvgIpc) is 2.88. The van der Waals surface area contributed by atoms with Crippen LogP contribution in [0.3, 0.4) is 0 Å². The van der Waals surface area contributed by atoms with Crippen LogP contribution in [-0.4, -0.2) is 5.78 Å². The van der Waals surface area contributed by atoms with E-state index in [9.17, 15) is 4.79 Å². The zero-order chi connectivity index (χ0) is 14.7. The maximum Gasteiger partial charge on any atom is 0.167 e. The normalized spacial score (nSPS) is 14.1. The number of ketones is 1. The van der Waals surface area contributed by atoms with Crippen molar-refractivity contribution in [2.45, 2.75) is 6.42 Å². The molecule has 0 atom stereocenters. The van der Waals surface area contributed by atoms with Crippen LogP contribution in [0.2, 0.25) is 0 Å². The van der Waals surface area contributed by atoms with Gasteiger partial charge >= 0.3 is 0 Å². The lowest BCUT2D eigenvalue weighted by Gasteiger charge is -2.08. The van der Waals surface area contributed by atoms with E-state index in [2.05, 4.69) is 24.3 Å². The first-order valence-electron chi connectivity index (χ1n) is 7.38. The van der Waals surface area contributed by atoms with Crippen molar-refractivity contribution < 1.29 is 9.21 Å². The minimum Gasteiger partial charge on any atom is -0.456 e. The Hall–Kier alpha value is -2.87. The Kier molecular flexibility index (Phi) is 2.18. The van der Waals surface area contributed by atoms with Gasteiger partial charge in [0.2, 0.25) is 0 Å². The molecule has 0 amide bonds. The SMILES string of the molecule is O=C1CC=Cc2cc3oc4cc5ccccc5cc4c3cc21. The van der Waals surface area contributed by atoms with Crippen LogP contribution in [-0.2, 0) is 0 Å². The molecule has 2 nitrogen and oxygen atoms in total. The summed E-state index contributed by atoms with van der Waals surface area (Å²) in [5, 5.41) is 4.43. The molecule has 0 bridgehead atoms. The van der Waals surface area contributed by atoms with Crippen molar-refractivity contribution >= 4 is 44.6 Å². The van der Waals surface area contributed by atoms with Crippen LogP contribution < -0.4 is 0 Å². The van der Waals surface area contributed by atoms with Crippen LogP contribution in [0.1, 0.15) is 22.3 Å². The number of carbonyl (C=O) groups excluding carboxylic acids is 1. The topological polar surface area (TPSA) is 30.2 Å². The molecule has 0 spiro atoms. The minimum atomic E-state index is 0.175. The van der Waals surface area contributed by atoms with E-state index < -0.39 is 0 Å². The number of benzene rings is 3. The van der Waals surface area contributed by atoms with Gasteiger partial charge in [0.1, 0.15) is 11.2 Å². The number of furan rings is 1. The highest BCUT2D eigenvalue weighted by Gasteiger charge is 2.17. The molecule has 0 N–H and O–H groups in total. The molecule has 0 unspecified atom stereocenters. The Balaban J connectivity index is 1.94. The molecule has 5 rings (SSSR count). The Morgan fingerprint density at radius 2 is 1.59 bits per heavy atom. The quantitative estimate of drug-likeness (QED) is 0.436. The van der Waals surface area contributed by atoms with Crippen LogP contribution in [0.25, 0.3) is 38.8 Å². The summed E-state index contributed by atoms with van der Waals surface area (Å²) in [5.74, 6) is 0.175. The minimum absolute atomic E-state index is 0.175. The lowest BCUT2D eigenvalue weighted by Crippen LogP contribution is -2.03. The first kappa shape index (κ1) is 11.8. The Labute approximate surface area is 126 Å². The zero-order valence-electron chi connectivity index (χ0n) is 11.8. The van der Waals surface area contributed by atoms with Gasteiger partial charge in [-0.3, -0.25) is 4.79 Å². The van der Waals surface area contributed by atoms with Gasteiger partial charge < -0.3 is 4.42 Å². The van der Waals surface area contributed by atoms with E-state index in [1.54, 1.807) is 0 Å². The van der Waals surface area contributed by atoms with E-state index in [0.29, 0.717) is 6.42 Å². The van der Waals surface area contributed by atoms with Crippen molar-refractivity contribution in [3.63, 3.8) is 0 Å². The van der Waals surface area contributed by atoms with Crippen molar-refractivity contribution in [2.75, 3.05) is 0 Å². The number of hydrogen-bond acceptors (Lipinski definition) is 2. The van der Waals surface area contributed by atoms with Gasteiger partial charge in [0.25, 0.3) is 0 Å². The number of rotatable bonds is 0. The summed E-state index contributed by atoms with van der Waals surface area (Å²) < 4.78 is 6.02. The summed E-state index contributed by atoms with van der Waals surface area (Å²) in [6.07, 6.45) is 4.39. The highest BCUT2D eigenvalue weighted by molar-refractivity contribution is 6.14. The molecule has 0 fully saturated rings. The third-order valence-electron chi connectivity index (χ3n) is 4.41. The Bertz CT molecular complexity index is 1110. The van der Waals surface area contributed by atoms with E-state index in [0.717, 1.165) is 38.5 Å². The average molecular weight is 284 g/mol. The van der Waals surface area contributed by atoms with E-state index in [-0.39, 0.29) is 5.78 Å². The summed E-state index contributed by atoms with van der Waals surface area (Å²) in [5.41, 5.74) is 3.45. The van der Waals surface area contributed by atoms with Crippen LogP contribution >= 0.6 is 0 Å².